The summed E-state index contributed by atoms with van der Waals surface area (Å²) >= 11 is 5.88. The van der Waals surface area contributed by atoms with Gasteiger partial charge in [0.05, 0.1) is 17.3 Å². The van der Waals surface area contributed by atoms with Gasteiger partial charge in [-0.05, 0) is 43.2 Å². The molecule has 0 aliphatic heterocycles. The van der Waals surface area contributed by atoms with Crippen LogP contribution in [0.1, 0.15) is 40.1 Å². The Morgan fingerprint density at radius 3 is 2.38 bits per heavy atom. The zero-order valence-corrected chi connectivity index (χ0v) is 18.7. The SMILES string of the molecule is Cc1nc(C(F)(F)F)ccc1COC(c1ccc(F)c(Cl)c1)c1nc(S(C)(=O)=O)c(C)[nH]1. The summed E-state index contributed by atoms with van der Waals surface area (Å²) in [6.45, 7) is 2.76. The molecule has 1 N–H and O–H groups in total. The number of pyridine rings is 1. The number of rotatable bonds is 6. The van der Waals surface area contributed by atoms with Crippen molar-refractivity contribution in [3.05, 3.63) is 75.2 Å². The first-order chi connectivity index (χ1) is 14.8. The van der Waals surface area contributed by atoms with E-state index in [4.69, 9.17) is 16.3 Å². The van der Waals surface area contributed by atoms with Crippen molar-refractivity contribution in [1.29, 1.82) is 0 Å². The van der Waals surface area contributed by atoms with Gasteiger partial charge in [-0.15, -0.1) is 0 Å². The number of ether oxygens (including phenoxy) is 1. The van der Waals surface area contributed by atoms with Crippen molar-refractivity contribution in [1.82, 2.24) is 15.0 Å². The molecule has 0 aliphatic rings. The molecule has 6 nitrogen and oxygen atoms in total. The van der Waals surface area contributed by atoms with Crippen molar-refractivity contribution in [2.24, 2.45) is 0 Å². The lowest BCUT2D eigenvalue weighted by Crippen LogP contribution is -2.12. The molecule has 0 fully saturated rings. The minimum absolute atomic E-state index is 0.114. The molecule has 1 atom stereocenters. The van der Waals surface area contributed by atoms with Gasteiger partial charge < -0.3 is 9.72 Å². The van der Waals surface area contributed by atoms with Crippen LogP contribution in [0.2, 0.25) is 5.02 Å². The maximum Gasteiger partial charge on any atom is 0.433 e. The van der Waals surface area contributed by atoms with Gasteiger partial charge in [0.2, 0.25) is 0 Å². The van der Waals surface area contributed by atoms with Crippen LogP contribution in [0.5, 0.6) is 0 Å². The summed E-state index contributed by atoms with van der Waals surface area (Å²) in [7, 11) is -3.64. The van der Waals surface area contributed by atoms with Gasteiger partial charge in [0.1, 0.15) is 23.4 Å². The smallest absolute Gasteiger partial charge is 0.361 e. The lowest BCUT2D eigenvalue weighted by molar-refractivity contribution is -0.141. The first-order valence-corrected chi connectivity index (χ1v) is 11.4. The van der Waals surface area contributed by atoms with E-state index in [0.717, 1.165) is 18.4 Å². The van der Waals surface area contributed by atoms with Gasteiger partial charge in [-0.25, -0.2) is 22.8 Å². The third-order valence-electron chi connectivity index (χ3n) is 4.60. The van der Waals surface area contributed by atoms with Crippen LogP contribution in [-0.2, 0) is 27.4 Å². The Morgan fingerprint density at radius 2 is 1.84 bits per heavy atom. The minimum atomic E-state index is -4.58. The van der Waals surface area contributed by atoms with Crippen LogP contribution < -0.4 is 0 Å². The van der Waals surface area contributed by atoms with E-state index in [1.165, 1.54) is 32.0 Å². The molecule has 12 heteroatoms. The summed E-state index contributed by atoms with van der Waals surface area (Å²) in [5, 5.41) is -0.364. The highest BCUT2D eigenvalue weighted by Crippen LogP contribution is 2.31. The van der Waals surface area contributed by atoms with E-state index in [2.05, 4.69) is 15.0 Å². The molecular formula is C20H18ClF4N3O3S. The number of hydrogen-bond donors (Lipinski definition) is 1. The molecule has 0 saturated heterocycles. The van der Waals surface area contributed by atoms with E-state index in [9.17, 15) is 26.0 Å². The number of alkyl halides is 3. The molecule has 0 amide bonds. The Bertz CT molecular complexity index is 1260. The van der Waals surface area contributed by atoms with E-state index in [-0.39, 0.29) is 33.9 Å². The number of aromatic nitrogens is 3. The molecule has 0 aliphatic carbocycles. The topological polar surface area (TPSA) is 84.9 Å². The standard InChI is InChI=1S/C20H18ClF4N3O3S/c1-10-13(5-7-16(26-10)20(23,24)25)9-31-17(12-4-6-15(22)14(21)8-12)18-27-11(2)19(28-18)32(3,29)30/h4-8,17H,9H2,1-3H3,(H,27,28). The third-order valence-corrected chi connectivity index (χ3v) is 5.99. The van der Waals surface area contributed by atoms with Crippen LogP contribution in [0.3, 0.4) is 0 Å². The second-order valence-corrected chi connectivity index (χ2v) is 9.47. The molecule has 2 heterocycles. The Morgan fingerprint density at radius 1 is 1.16 bits per heavy atom. The molecule has 1 unspecified atom stereocenters. The second-order valence-electron chi connectivity index (χ2n) is 7.13. The van der Waals surface area contributed by atoms with Crippen molar-refractivity contribution >= 4 is 21.4 Å². The molecule has 0 bridgehead atoms. The number of sulfone groups is 1. The van der Waals surface area contributed by atoms with Gasteiger partial charge in [0, 0.05) is 11.9 Å². The normalized spacial score (nSPS) is 13.4. The highest BCUT2D eigenvalue weighted by molar-refractivity contribution is 7.90. The summed E-state index contributed by atoms with van der Waals surface area (Å²) in [4.78, 5) is 10.5. The number of imidazole rings is 1. The lowest BCUT2D eigenvalue weighted by Gasteiger charge is -2.18. The molecule has 2 aromatic heterocycles. The number of aromatic amines is 1. The number of benzene rings is 1. The zero-order chi connectivity index (χ0) is 23.8. The van der Waals surface area contributed by atoms with Gasteiger partial charge in [0.25, 0.3) is 0 Å². The number of H-pyrrole nitrogens is 1. The lowest BCUT2D eigenvalue weighted by atomic mass is 10.1. The fraction of sp³-hybridized carbons (Fsp3) is 0.300. The van der Waals surface area contributed by atoms with E-state index >= 15 is 0 Å². The molecule has 0 spiro atoms. The molecule has 0 saturated carbocycles. The average Bonchev–Trinajstić information content (AvgIpc) is 3.07. The predicted molar refractivity (Wildman–Crippen MR) is 108 cm³/mol. The highest BCUT2D eigenvalue weighted by Gasteiger charge is 2.33. The van der Waals surface area contributed by atoms with Crippen molar-refractivity contribution in [2.75, 3.05) is 6.26 Å². The number of aryl methyl sites for hydroxylation is 2. The molecule has 32 heavy (non-hydrogen) atoms. The molecule has 3 rings (SSSR count). The summed E-state index contributed by atoms with van der Waals surface area (Å²) in [5.41, 5.74) is 0.102. The van der Waals surface area contributed by atoms with Crippen LogP contribution in [0.4, 0.5) is 17.6 Å². The van der Waals surface area contributed by atoms with Gasteiger partial charge in [-0.1, -0.05) is 23.7 Å². The summed E-state index contributed by atoms with van der Waals surface area (Å²) in [5.74, 6) is -0.549. The Labute approximate surface area is 186 Å². The van der Waals surface area contributed by atoms with Gasteiger partial charge >= 0.3 is 6.18 Å². The van der Waals surface area contributed by atoms with Crippen molar-refractivity contribution < 1.29 is 30.7 Å². The van der Waals surface area contributed by atoms with E-state index in [1.807, 2.05) is 0 Å². The van der Waals surface area contributed by atoms with Crippen LogP contribution in [0, 0.1) is 19.7 Å². The average molecular weight is 492 g/mol. The number of nitrogens with one attached hydrogen (secondary N) is 1. The largest absolute Gasteiger partial charge is 0.433 e. The second kappa shape index (κ2) is 8.80. The van der Waals surface area contributed by atoms with Gasteiger partial charge in [-0.3, -0.25) is 0 Å². The van der Waals surface area contributed by atoms with Crippen LogP contribution in [0.25, 0.3) is 0 Å². The Balaban J connectivity index is 1.98. The summed E-state index contributed by atoms with van der Waals surface area (Å²) < 4.78 is 82.1. The Hall–Kier alpha value is -2.50. The number of nitrogens with zero attached hydrogens (tertiary/aromatic N) is 2. The first kappa shape index (κ1) is 24.1. The fourth-order valence-electron chi connectivity index (χ4n) is 3.03. The van der Waals surface area contributed by atoms with Crippen LogP contribution in [-0.4, -0.2) is 29.6 Å². The van der Waals surface area contributed by atoms with Crippen molar-refractivity contribution in [2.45, 2.75) is 37.8 Å². The highest BCUT2D eigenvalue weighted by atomic mass is 35.5. The van der Waals surface area contributed by atoms with E-state index in [0.29, 0.717) is 11.1 Å². The van der Waals surface area contributed by atoms with Gasteiger partial charge in [-0.2, -0.15) is 13.2 Å². The maximum absolute atomic E-state index is 13.7. The molecule has 1 aromatic carbocycles. The zero-order valence-electron chi connectivity index (χ0n) is 17.1. The summed E-state index contributed by atoms with van der Waals surface area (Å²) in [6.07, 6.45) is -4.59. The van der Waals surface area contributed by atoms with E-state index in [1.54, 1.807) is 0 Å². The number of hydrogen-bond acceptors (Lipinski definition) is 5. The van der Waals surface area contributed by atoms with Crippen molar-refractivity contribution in [3.8, 4) is 0 Å². The molecule has 172 valence electrons. The monoisotopic (exact) mass is 491 g/mol. The maximum atomic E-state index is 13.7. The Kier molecular flexibility index (Phi) is 6.64. The first-order valence-electron chi connectivity index (χ1n) is 9.14. The van der Waals surface area contributed by atoms with Crippen LogP contribution >= 0.6 is 11.6 Å². The third kappa shape index (κ3) is 5.28. The molecule has 3 aromatic rings. The molecular weight excluding hydrogens is 474 g/mol. The predicted octanol–water partition coefficient (Wildman–Crippen LogP) is 4.94. The van der Waals surface area contributed by atoms with Crippen LogP contribution in [0.15, 0.2) is 35.4 Å². The number of halogens is 5. The van der Waals surface area contributed by atoms with Crippen molar-refractivity contribution in [3.63, 3.8) is 0 Å². The minimum Gasteiger partial charge on any atom is -0.361 e. The van der Waals surface area contributed by atoms with E-state index < -0.39 is 33.6 Å². The summed E-state index contributed by atoms with van der Waals surface area (Å²) in [6, 6.07) is 5.90. The fourth-order valence-corrected chi connectivity index (χ4v) is 4.09. The van der Waals surface area contributed by atoms with Gasteiger partial charge in [0.15, 0.2) is 14.9 Å². The quantitative estimate of drug-likeness (QED) is 0.493. The molecule has 0 radical (unpaired) electrons.